The van der Waals surface area contributed by atoms with Crippen molar-refractivity contribution in [2.45, 2.75) is 32.7 Å². The van der Waals surface area contributed by atoms with Crippen LogP contribution in [0.5, 0.6) is 0 Å². The minimum atomic E-state index is 0.201. The predicted octanol–water partition coefficient (Wildman–Crippen LogP) is 2.44. The molecule has 0 saturated carbocycles. The van der Waals surface area contributed by atoms with Crippen LogP contribution in [0.4, 0.5) is 0 Å². The monoisotopic (exact) mass is 181 g/mol. The van der Waals surface area contributed by atoms with Crippen molar-refractivity contribution in [3.05, 3.63) is 21.4 Å². The van der Waals surface area contributed by atoms with Gasteiger partial charge in [0, 0.05) is 17.0 Å². The molecule has 1 aliphatic heterocycles. The van der Waals surface area contributed by atoms with Crippen LogP contribution in [0.3, 0.4) is 0 Å². The number of hydrogen-bond acceptors (Lipinski definition) is 2. The molecular weight excluding hydrogens is 166 g/mol. The van der Waals surface area contributed by atoms with Crippen LogP contribution in [-0.4, -0.2) is 6.54 Å². The predicted molar refractivity (Wildman–Crippen MR) is 53.8 cm³/mol. The number of aryl methyl sites for hydroxylation is 1. The summed E-state index contributed by atoms with van der Waals surface area (Å²) >= 11 is 1.90. The number of thiophene rings is 1. The number of hydrogen-bond donors (Lipinski definition) is 1. The topological polar surface area (TPSA) is 12.0 Å². The van der Waals surface area contributed by atoms with Crippen LogP contribution in [0.25, 0.3) is 0 Å². The van der Waals surface area contributed by atoms with Gasteiger partial charge in [0.05, 0.1) is 0 Å². The molecule has 1 nitrogen and oxygen atoms in total. The molecule has 0 aromatic carbocycles. The Morgan fingerprint density at radius 3 is 2.92 bits per heavy atom. The van der Waals surface area contributed by atoms with Crippen molar-refractivity contribution in [3.63, 3.8) is 0 Å². The Morgan fingerprint density at radius 2 is 2.25 bits per heavy atom. The first-order chi connectivity index (χ1) is 5.61. The SMILES string of the molecule is Cc1csc2c1CCNC2(C)C. The lowest BCUT2D eigenvalue weighted by Crippen LogP contribution is -2.41. The average molecular weight is 181 g/mol. The van der Waals surface area contributed by atoms with Crippen molar-refractivity contribution in [3.8, 4) is 0 Å². The van der Waals surface area contributed by atoms with Gasteiger partial charge in [-0.15, -0.1) is 11.3 Å². The van der Waals surface area contributed by atoms with E-state index in [0.717, 1.165) is 6.54 Å². The van der Waals surface area contributed by atoms with Gasteiger partial charge in [0.15, 0.2) is 0 Å². The van der Waals surface area contributed by atoms with Crippen LogP contribution in [-0.2, 0) is 12.0 Å². The van der Waals surface area contributed by atoms with Gasteiger partial charge in [0.1, 0.15) is 0 Å². The Bertz CT molecular complexity index is 299. The zero-order valence-electron chi connectivity index (χ0n) is 7.90. The van der Waals surface area contributed by atoms with Gasteiger partial charge >= 0.3 is 0 Å². The van der Waals surface area contributed by atoms with Crippen molar-refractivity contribution in [2.24, 2.45) is 0 Å². The van der Waals surface area contributed by atoms with Gasteiger partial charge in [0.2, 0.25) is 0 Å². The van der Waals surface area contributed by atoms with Gasteiger partial charge in [-0.3, -0.25) is 0 Å². The maximum absolute atomic E-state index is 3.54. The third-order valence-corrected chi connectivity index (χ3v) is 4.08. The van der Waals surface area contributed by atoms with Crippen molar-refractivity contribution in [1.29, 1.82) is 0 Å². The summed E-state index contributed by atoms with van der Waals surface area (Å²) in [5, 5.41) is 5.82. The van der Waals surface area contributed by atoms with E-state index >= 15 is 0 Å². The first kappa shape index (κ1) is 8.27. The number of rotatable bonds is 0. The van der Waals surface area contributed by atoms with Crippen LogP contribution in [0.15, 0.2) is 5.38 Å². The fraction of sp³-hybridized carbons (Fsp3) is 0.600. The number of nitrogens with one attached hydrogen (secondary N) is 1. The first-order valence-corrected chi connectivity index (χ1v) is 5.32. The van der Waals surface area contributed by atoms with E-state index in [1.54, 1.807) is 5.56 Å². The Hall–Kier alpha value is -0.340. The molecular formula is C10H15NS. The summed E-state index contributed by atoms with van der Waals surface area (Å²) in [7, 11) is 0. The third-order valence-electron chi connectivity index (χ3n) is 2.61. The van der Waals surface area contributed by atoms with E-state index in [9.17, 15) is 0 Å². The quantitative estimate of drug-likeness (QED) is 0.648. The molecule has 1 N–H and O–H groups in total. The summed E-state index contributed by atoms with van der Waals surface area (Å²) < 4.78 is 0. The lowest BCUT2D eigenvalue weighted by atomic mass is 9.92. The standard InChI is InChI=1S/C10H15NS/c1-7-6-12-9-8(7)4-5-11-10(9,2)3/h6,11H,4-5H2,1-3H3. The van der Waals surface area contributed by atoms with E-state index in [2.05, 4.69) is 31.5 Å². The second-order valence-electron chi connectivity index (χ2n) is 4.03. The van der Waals surface area contributed by atoms with Crippen molar-refractivity contribution in [2.75, 3.05) is 6.54 Å². The molecule has 2 rings (SSSR count). The van der Waals surface area contributed by atoms with Gasteiger partial charge in [-0.05, 0) is 43.7 Å². The summed E-state index contributed by atoms with van der Waals surface area (Å²) in [5.74, 6) is 0. The van der Waals surface area contributed by atoms with Gasteiger partial charge in [-0.25, -0.2) is 0 Å². The van der Waals surface area contributed by atoms with Crippen LogP contribution < -0.4 is 5.32 Å². The van der Waals surface area contributed by atoms with Crippen LogP contribution >= 0.6 is 11.3 Å². The van der Waals surface area contributed by atoms with Crippen molar-refractivity contribution < 1.29 is 0 Å². The minimum absolute atomic E-state index is 0.201. The maximum Gasteiger partial charge on any atom is 0.0474 e. The van der Waals surface area contributed by atoms with E-state index in [1.807, 2.05) is 11.3 Å². The molecule has 2 heterocycles. The summed E-state index contributed by atoms with van der Waals surface area (Å²) in [5.41, 5.74) is 3.26. The second-order valence-corrected chi connectivity index (χ2v) is 4.91. The second kappa shape index (κ2) is 2.57. The van der Waals surface area contributed by atoms with Gasteiger partial charge < -0.3 is 5.32 Å². The zero-order chi connectivity index (χ0) is 8.77. The molecule has 0 amide bonds. The highest BCUT2D eigenvalue weighted by Gasteiger charge is 2.28. The van der Waals surface area contributed by atoms with Crippen LogP contribution in [0.2, 0.25) is 0 Å². The minimum Gasteiger partial charge on any atom is -0.307 e. The van der Waals surface area contributed by atoms with E-state index in [4.69, 9.17) is 0 Å². The van der Waals surface area contributed by atoms with Gasteiger partial charge in [0.25, 0.3) is 0 Å². The molecule has 1 aromatic rings. The average Bonchev–Trinajstić information content (AvgIpc) is 2.33. The Balaban J connectivity index is 2.53. The first-order valence-electron chi connectivity index (χ1n) is 4.44. The molecule has 2 heteroatoms. The Morgan fingerprint density at radius 1 is 1.50 bits per heavy atom. The molecule has 0 saturated heterocycles. The smallest absolute Gasteiger partial charge is 0.0474 e. The van der Waals surface area contributed by atoms with Gasteiger partial charge in [-0.1, -0.05) is 0 Å². The zero-order valence-corrected chi connectivity index (χ0v) is 8.72. The Labute approximate surface area is 77.8 Å². The Kier molecular flexibility index (Phi) is 1.77. The third kappa shape index (κ3) is 1.10. The highest BCUT2D eigenvalue weighted by Crippen LogP contribution is 2.34. The van der Waals surface area contributed by atoms with Gasteiger partial charge in [-0.2, -0.15) is 0 Å². The molecule has 0 aliphatic carbocycles. The highest BCUT2D eigenvalue weighted by molar-refractivity contribution is 7.10. The molecule has 0 radical (unpaired) electrons. The lowest BCUT2D eigenvalue weighted by molar-refractivity contribution is 0.390. The maximum atomic E-state index is 3.54. The summed E-state index contributed by atoms with van der Waals surface area (Å²) in [6.45, 7) is 7.87. The lowest BCUT2D eigenvalue weighted by Gasteiger charge is -2.31. The van der Waals surface area contributed by atoms with E-state index < -0.39 is 0 Å². The molecule has 0 spiro atoms. The molecule has 66 valence electrons. The summed E-state index contributed by atoms with van der Waals surface area (Å²) in [6.07, 6.45) is 1.20. The van der Waals surface area contributed by atoms with Crippen molar-refractivity contribution in [1.82, 2.24) is 5.32 Å². The van der Waals surface area contributed by atoms with E-state index in [-0.39, 0.29) is 5.54 Å². The molecule has 1 aromatic heterocycles. The fourth-order valence-electron chi connectivity index (χ4n) is 1.88. The fourth-order valence-corrected chi connectivity index (χ4v) is 3.09. The summed E-state index contributed by atoms with van der Waals surface area (Å²) in [6, 6.07) is 0. The number of fused-ring (bicyclic) bond motifs is 1. The molecule has 0 fully saturated rings. The molecule has 0 atom stereocenters. The molecule has 12 heavy (non-hydrogen) atoms. The molecule has 0 unspecified atom stereocenters. The summed E-state index contributed by atoms with van der Waals surface area (Å²) in [4.78, 5) is 1.53. The van der Waals surface area contributed by atoms with Crippen molar-refractivity contribution >= 4 is 11.3 Å². The largest absolute Gasteiger partial charge is 0.307 e. The molecule has 0 bridgehead atoms. The normalized spacial score (nSPS) is 20.6. The van der Waals surface area contributed by atoms with E-state index in [1.165, 1.54) is 16.9 Å². The van der Waals surface area contributed by atoms with Crippen LogP contribution in [0, 0.1) is 6.92 Å². The van der Waals surface area contributed by atoms with E-state index in [0.29, 0.717) is 0 Å². The molecule has 1 aliphatic rings. The highest BCUT2D eigenvalue weighted by atomic mass is 32.1. The van der Waals surface area contributed by atoms with Crippen LogP contribution in [0.1, 0.15) is 29.9 Å².